The van der Waals surface area contributed by atoms with Crippen molar-refractivity contribution >= 4 is 71.4 Å². The monoisotopic (exact) mass is 758 g/mol. The summed E-state index contributed by atoms with van der Waals surface area (Å²) in [4.78, 5) is 49.7. The first-order chi connectivity index (χ1) is 25.6. The van der Waals surface area contributed by atoms with Crippen molar-refractivity contribution in [3.63, 3.8) is 0 Å². The fourth-order valence-corrected chi connectivity index (χ4v) is 8.23. The number of anilines is 5. The summed E-state index contributed by atoms with van der Waals surface area (Å²) in [5.74, 6) is -0.156. The number of rotatable bonds is 11. The number of amides is 3. The SMILES string of the molecule is COc1cc(N2CCC(NCc3ccc4c(c3F)CN(C3CCC(=O)NC3=O)C4=O)CC2)ccc1Nc1ncc(Cl)c(Nc2ccccc2P(C)C)n1. The highest BCUT2D eigenvalue weighted by molar-refractivity contribution is 7.64. The van der Waals surface area contributed by atoms with Crippen molar-refractivity contribution in [2.75, 3.05) is 49.1 Å². The summed E-state index contributed by atoms with van der Waals surface area (Å²) in [5.41, 5.74) is 3.74. The zero-order valence-electron chi connectivity index (χ0n) is 29.7. The predicted octanol–water partition coefficient (Wildman–Crippen LogP) is 5.65. The van der Waals surface area contributed by atoms with E-state index >= 15 is 4.39 Å². The number of nitrogens with one attached hydrogen (secondary N) is 4. The van der Waals surface area contributed by atoms with E-state index in [0.717, 1.165) is 37.3 Å². The van der Waals surface area contributed by atoms with Gasteiger partial charge >= 0.3 is 0 Å². The Hall–Kier alpha value is -4.84. The first kappa shape index (κ1) is 36.5. The van der Waals surface area contributed by atoms with E-state index in [1.807, 2.05) is 36.4 Å². The predicted molar refractivity (Wildman–Crippen MR) is 206 cm³/mol. The van der Waals surface area contributed by atoms with Crippen molar-refractivity contribution in [3.05, 3.63) is 88.3 Å². The number of ether oxygens (including phenoxy) is 1. The lowest BCUT2D eigenvalue weighted by Gasteiger charge is -2.34. The van der Waals surface area contributed by atoms with E-state index in [9.17, 15) is 14.4 Å². The molecule has 2 fully saturated rings. The maximum Gasteiger partial charge on any atom is 0.255 e. The number of methoxy groups -OCH3 is 1. The van der Waals surface area contributed by atoms with Crippen LogP contribution in [0.2, 0.25) is 5.02 Å². The minimum atomic E-state index is -0.779. The fraction of sp³-hybridized carbons (Fsp3) is 0.342. The number of carbonyl (C=O) groups is 3. The third-order valence-corrected chi connectivity index (χ3v) is 11.6. The minimum Gasteiger partial charge on any atom is -0.494 e. The van der Waals surface area contributed by atoms with Gasteiger partial charge in [-0.15, -0.1) is 0 Å². The van der Waals surface area contributed by atoms with Gasteiger partial charge in [0, 0.05) is 66.2 Å². The lowest BCUT2D eigenvalue weighted by atomic mass is 10.0. The largest absolute Gasteiger partial charge is 0.494 e. The Morgan fingerprint density at radius 1 is 1.02 bits per heavy atom. The number of carbonyl (C=O) groups excluding carboxylic acids is 3. The van der Waals surface area contributed by atoms with Gasteiger partial charge in [0.1, 0.15) is 22.6 Å². The van der Waals surface area contributed by atoms with Gasteiger partial charge in [-0.2, -0.15) is 4.98 Å². The summed E-state index contributed by atoms with van der Waals surface area (Å²) in [7, 11) is 1.29. The topological polar surface area (TPSA) is 141 Å². The molecule has 0 aliphatic carbocycles. The number of piperidine rings is 2. The zero-order chi connectivity index (χ0) is 37.2. The number of aromatic nitrogens is 2. The second-order valence-corrected chi connectivity index (χ2v) is 16.2. The number of fused-ring (bicyclic) bond motifs is 1. The maximum absolute atomic E-state index is 15.7. The molecule has 1 atom stereocenters. The molecule has 4 N–H and O–H groups in total. The molecule has 0 radical (unpaired) electrons. The zero-order valence-corrected chi connectivity index (χ0v) is 31.4. The van der Waals surface area contributed by atoms with Crippen LogP contribution in [0, 0.1) is 5.82 Å². The number of imide groups is 1. The third-order valence-electron chi connectivity index (χ3n) is 9.99. The van der Waals surface area contributed by atoms with Gasteiger partial charge in [-0.3, -0.25) is 19.7 Å². The molecule has 3 aliphatic rings. The molecule has 3 amide bonds. The molecule has 12 nitrogen and oxygen atoms in total. The van der Waals surface area contributed by atoms with Gasteiger partial charge < -0.3 is 30.5 Å². The van der Waals surface area contributed by atoms with Crippen LogP contribution in [0.5, 0.6) is 5.75 Å². The Kier molecular flexibility index (Phi) is 10.8. The fourth-order valence-electron chi connectivity index (χ4n) is 7.10. The average molecular weight is 759 g/mol. The molecule has 15 heteroatoms. The van der Waals surface area contributed by atoms with Crippen LogP contribution >= 0.6 is 19.5 Å². The third kappa shape index (κ3) is 7.78. The first-order valence-corrected chi connectivity index (χ1v) is 20.1. The second-order valence-electron chi connectivity index (χ2n) is 13.5. The van der Waals surface area contributed by atoms with Crippen LogP contribution in [-0.2, 0) is 22.7 Å². The van der Waals surface area contributed by atoms with E-state index < -0.39 is 17.8 Å². The number of halogens is 2. The van der Waals surface area contributed by atoms with Gasteiger partial charge in [0.2, 0.25) is 17.8 Å². The van der Waals surface area contributed by atoms with E-state index in [-0.39, 0.29) is 50.7 Å². The van der Waals surface area contributed by atoms with E-state index in [1.54, 1.807) is 25.4 Å². The molecule has 1 unspecified atom stereocenters. The van der Waals surface area contributed by atoms with Crippen LogP contribution in [0.15, 0.2) is 60.8 Å². The summed E-state index contributed by atoms with van der Waals surface area (Å²) in [6.45, 7) is 6.32. The van der Waals surface area contributed by atoms with Crippen molar-refractivity contribution in [1.29, 1.82) is 0 Å². The quantitative estimate of drug-likeness (QED) is 0.112. The van der Waals surface area contributed by atoms with E-state index in [4.69, 9.17) is 16.3 Å². The second kappa shape index (κ2) is 15.6. The Morgan fingerprint density at radius 3 is 2.57 bits per heavy atom. The van der Waals surface area contributed by atoms with Gasteiger partial charge in [0.05, 0.1) is 25.5 Å². The van der Waals surface area contributed by atoms with Crippen molar-refractivity contribution < 1.29 is 23.5 Å². The number of hydrogen-bond donors (Lipinski definition) is 4. The van der Waals surface area contributed by atoms with Crippen LogP contribution in [0.25, 0.3) is 0 Å². The smallest absolute Gasteiger partial charge is 0.255 e. The van der Waals surface area contributed by atoms with Crippen LogP contribution in [-0.4, -0.2) is 78.2 Å². The van der Waals surface area contributed by atoms with Crippen LogP contribution < -0.4 is 36.2 Å². The van der Waals surface area contributed by atoms with Gasteiger partial charge in [-0.1, -0.05) is 43.8 Å². The van der Waals surface area contributed by atoms with Gasteiger partial charge in [-0.25, -0.2) is 9.37 Å². The van der Waals surface area contributed by atoms with Crippen molar-refractivity contribution in [1.82, 2.24) is 25.5 Å². The molecule has 2 saturated heterocycles. The highest BCUT2D eigenvalue weighted by Gasteiger charge is 2.40. The maximum atomic E-state index is 15.7. The molecule has 1 aromatic heterocycles. The number of nitrogens with zero attached hydrogens (tertiary/aromatic N) is 4. The Balaban J connectivity index is 0.947. The number of para-hydroxylation sites is 1. The summed E-state index contributed by atoms with van der Waals surface area (Å²) < 4.78 is 21.4. The molecule has 4 heterocycles. The average Bonchev–Trinajstić information content (AvgIpc) is 3.49. The van der Waals surface area contributed by atoms with E-state index in [0.29, 0.717) is 45.9 Å². The summed E-state index contributed by atoms with van der Waals surface area (Å²) in [5, 5.41) is 14.1. The van der Waals surface area contributed by atoms with Crippen LogP contribution in [0.1, 0.15) is 47.2 Å². The van der Waals surface area contributed by atoms with Crippen LogP contribution in [0.3, 0.4) is 0 Å². The lowest BCUT2D eigenvalue weighted by molar-refractivity contribution is -0.136. The summed E-state index contributed by atoms with van der Waals surface area (Å²) in [6.07, 6.45) is 3.66. The molecule has 4 aromatic rings. The molecule has 0 bridgehead atoms. The Bertz CT molecular complexity index is 2060. The minimum absolute atomic E-state index is 0.00918. The Morgan fingerprint density at radius 2 is 1.81 bits per heavy atom. The van der Waals surface area contributed by atoms with Crippen molar-refractivity contribution in [3.8, 4) is 5.75 Å². The van der Waals surface area contributed by atoms with E-state index in [1.165, 1.54) is 10.2 Å². The highest BCUT2D eigenvalue weighted by atomic mass is 35.5. The molecule has 3 aromatic carbocycles. The van der Waals surface area contributed by atoms with Crippen LogP contribution in [0.4, 0.5) is 33.2 Å². The van der Waals surface area contributed by atoms with Gasteiger partial charge in [0.15, 0.2) is 5.82 Å². The molecule has 3 aliphatic heterocycles. The first-order valence-electron chi connectivity index (χ1n) is 17.5. The summed E-state index contributed by atoms with van der Waals surface area (Å²) >= 11 is 6.48. The summed E-state index contributed by atoms with van der Waals surface area (Å²) in [6, 6.07) is 16.8. The van der Waals surface area contributed by atoms with E-state index in [2.05, 4.69) is 55.5 Å². The lowest BCUT2D eigenvalue weighted by Crippen LogP contribution is -2.52. The molecular formula is C38H41ClFN8O4P. The van der Waals surface area contributed by atoms with Gasteiger partial charge in [0.25, 0.3) is 5.91 Å². The standard InChI is InChI=1S/C38H41ClFN8O4P/c1-52-31-18-24(9-11-28(31)44-38-42-20-27(39)35(46-38)43-29-6-4-5-7-32(29)53(2)3)47-16-14-23(15-17-47)41-19-22-8-10-25-26(34(22)40)21-48(37(25)51)30-12-13-33(49)45-36(30)50/h4-11,18,20,23,30,41H,12-17,19,21H2,1-3H3,(H,45,49,50)(H2,42,43,44,46). The highest BCUT2D eigenvalue weighted by Crippen LogP contribution is 2.35. The molecule has 7 rings (SSSR count). The Labute approximate surface area is 313 Å². The number of hydrogen-bond acceptors (Lipinski definition) is 10. The van der Waals surface area contributed by atoms with Crippen molar-refractivity contribution in [2.24, 2.45) is 0 Å². The van der Waals surface area contributed by atoms with Crippen molar-refractivity contribution in [2.45, 2.75) is 50.9 Å². The van der Waals surface area contributed by atoms with Gasteiger partial charge in [-0.05, 0) is 62.2 Å². The molecule has 276 valence electrons. The molecule has 53 heavy (non-hydrogen) atoms. The normalized spacial score (nSPS) is 17.6. The number of benzene rings is 3. The molecular weight excluding hydrogens is 718 g/mol. The molecule has 0 spiro atoms. The molecule has 0 saturated carbocycles.